The van der Waals surface area contributed by atoms with E-state index in [-0.39, 0.29) is 18.5 Å². The highest BCUT2D eigenvalue weighted by Gasteiger charge is 2.25. The Morgan fingerprint density at radius 3 is 2.85 bits per heavy atom. The summed E-state index contributed by atoms with van der Waals surface area (Å²) < 4.78 is 20.5. The smallest absolute Gasteiger partial charge is 0.322 e. The van der Waals surface area contributed by atoms with Gasteiger partial charge in [0, 0.05) is 18.4 Å². The number of nitrogens with one attached hydrogen (secondary N) is 1. The number of rotatable bonds is 4. The van der Waals surface area contributed by atoms with Gasteiger partial charge >= 0.3 is 6.03 Å². The standard InChI is InChI=1S/C18H17FN6O2/c19-13-3-5-14(6-4-13)21-18(26)24-8-9-25-17(11-24)16(22-23-25)12-27-15-2-1-7-20-10-15/h1-7,10H,8-9,11-12H2,(H,21,26). The average molecular weight is 368 g/mol. The largest absolute Gasteiger partial charge is 0.486 e. The van der Waals surface area contributed by atoms with Crippen LogP contribution in [-0.4, -0.2) is 37.5 Å². The molecule has 8 nitrogen and oxygen atoms in total. The molecule has 0 spiro atoms. The van der Waals surface area contributed by atoms with E-state index in [1.807, 2.05) is 6.07 Å². The highest BCUT2D eigenvalue weighted by Crippen LogP contribution is 2.18. The monoisotopic (exact) mass is 368 g/mol. The maximum Gasteiger partial charge on any atom is 0.322 e. The van der Waals surface area contributed by atoms with Crippen LogP contribution in [-0.2, 0) is 19.7 Å². The normalized spacial score (nSPS) is 13.1. The molecule has 0 unspecified atom stereocenters. The number of pyridine rings is 1. The van der Waals surface area contributed by atoms with E-state index in [1.165, 1.54) is 24.3 Å². The third kappa shape index (κ3) is 3.86. The molecule has 0 fully saturated rings. The van der Waals surface area contributed by atoms with Gasteiger partial charge in [-0.3, -0.25) is 4.98 Å². The molecule has 0 aliphatic carbocycles. The van der Waals surface area contributed by atoms with Crippen molar-refractivity contribution in [3.05, 3.63) is 66.0 Å². The Bertz CT molecular complexity index is 929. The number of aromatic nitrogens is 4. The van der Waals surface area contributed by atoms with Crippen LogP contribution in [0.2, 0.25) is 0 Å². The zero-order chi connectivity index (χ0) is 18.6. The fourth-order valence-corrected chi connectivity index (χ4v) is 2.80. The number of carbonyl (C=O) groups is 1. The summed E-state index contributed by atoms with van der Waals surface area (Å²) in [6.07, 6.45) is 3.29. The molecule has 0 bridgehead atoms. The molecule has 0 saturated carbocycles. The molecule has 0 radical (unpaired) electrons. The third-order valence-electron chi connectivity index (χ3n) is 4.23. The molecule has 1 aliphatic rings. The average Bonchev–Trinajstić information content (AvgIpc) is 3.11. The maximum absolute atomic E-state index is 13.0. The van der Waals surface area contributed by atoms with Gasteiger partial charge in [0.1, 0.15) is 23.9 Å². The van der Waals surface area contributed by atoms with Crippen LogP contribution >= 0.6 is 0 Å². The topological polar surface area (TPSA) is 85.2 Å². The second-order valence-electron chi connectivity index (χ2n) is 6.04. The van der Waals surface area contributed by atoms with Crippen molar-refractivity contribution in [2.45, 2.75) is 19.7 Å². The van der Waals surface area contributed by atoms with Gasteiger partial charge in [0.25, 0.3) is 0 Å². The van der Waals surface area contributed by atoms with Crippen molar-refractivity contribution in [3.63, 3.8) is 0 Å². The van der Waals surface area contributed by atoms with Crippen LogP contribution in [0.1, 0.15) is 11.4 Å². The number of nitrogens with zero attached hydrogens (tertiary/aromatic N) is 5. The quantitative estimate of drug-likeness (QED) is 0.765. The molecule has 2 aromatic heterocycles. The summed E-state index contributed by atoms with van der Waals surface area (Å²) in [5, 5.41) is 11.1. The van der Waals surface area contributed by atoms with E-state index in [4.69, 9.17) is 4.74 Å². The molecule has 2 amide bonds. The van der Waals surface area contributed by atoms with E-state index in [2.05, 4.69) is 20.6 Å². The number of urea groups is 1. The molecule has 138 valence electrons. The zero-order valence-corrected chi connectivity index (χ0v) is 14.4. The molecule has 3 aromatic rings. The van der Waals surface area contributed by atoms with Crippen LogP contribution in [0, 0.1) is 5.82 Å². The van der Waals surface area contributed by atoms with Crippen molar-refractivity contribution in [2.75, 3.05) is 11.9 Å². The van der Waals surface area contributed by atoms with Crippen molar-refractivity contribution in [3.8, 4) is 5.75 Å². The van der Waals surface area contributed by atoms with Gasteiger partial charge < -0.3 is 15.0 Å². The van der Waals surface area contributed by atoms with Gasteiger partial charge in [-0.15, -0.1) is 5.10 Å². The van der Waals surface area contributed by atoms with E-state index >= 15 is 0 Å². The lowest BCUT2D eigenvalue weighted by Gasteiger charge is -2.27. The second-order valence-corrected chi connectivity index (χ2v) is 6.04. The Morgan fingerprint density at radius 2 is 2.07 bits per heavy atom. The van der Waals surface area contributed by atoms with E-state index in [0.717, 1.165) is 5.69 Å². The summed E-state index contributed by atoms with van der Waals surface area (Å²) in [6, 6.07) is 9.00. The van der Waals surface area contributed by atoms with Crippen molar-refractivity contribution in [2.24, 2.45) is 0 Å². The molecule has 0 saturated heterocycles. The van der Waals surface area contributed by atoms with Crippen LogP contribution in [0.4, 0.5) is 14.9 Å². The highest BCUT2D eigenvalue weighted by molar-refractivity contribution is 5.89. The number of anilines is 1. The number of benzene rings is 1. The summed E-state index contributed by atoms with van der Waals surface area (Å²) in [5.41, 5.74) is 2.05. The lowest BCUT2D eigenvalue weighted by atomic mass is 10.2. The van der Waals surface area contributed by atoms with Crippen molar-refractivity contribution in [1.82, 2.24) is 24.9 Å². The summed E-state index contributed by atoms with van der Waals surface area (Å²) in [7, 11) is 0. The Balaban J connectivity index is 1.42. The summed E-state index contributed by atoms with van der Waals surface area (Å²) in [4.78, 5) is 18.2. The highest BCUT2D eigenvalue weighted by atomic mass is 19.1. The molecule has 9 heteroatoms. The van der Waals surface area contributed by atoms with Crippen molar-refractivity contribution in [1.29, 1.82) is 0 Å². The molecule has 4 rings (SSSR count). The summed E-state index contributed by atoms with van der Waals surface area (Å²) in [6.45, 7) is 1.67. The SMILES string of the molecule is O=C(Nc1ccc(F)cc1)N1CCn2nnc(COc3cccnc3)c2C1. The van der Waals surface area contributed by atoms with Crippen LogP contribution in [0.25, 0.3) is 0 Å². The minimum Gasteiger partial charge on any atom is -0.486 e. The molecule has 0 atom stereocenters. The molecule has 27 heavy (non-hydrogen) atoms. The van der Waals surface area contributed by atoms with E-state index in [0.29, 0.717) is 36.8 Å². The minimum atomic E-state index is -0.348. The number of carbonyl (C=O) groups excluding carboxylic acids is 1. The number of hydrogen-bond donors (Lipinski definition) is 1. The van der Waals surface area contributed by atoms with Crippen molar-refractivity contribution < 1.29 is 13.9 Å². The van der Waals surface area contributed by atoms with Gasteiger partial charge in [-0.1, -0.05) is 5.21 Å². The van der Waals surface area contributed by atoms with Crippen molar-refractivity contribution >= 4 is 11.7 Å². The lowest BCUT2D eigenvalue weighted by molar-refractivity contribution is 0.193. The van der Waals surface area contributed by atoms with Crippen LogP contribution < -0.4 is 10.1 Å². The van der Waals surface area contributed by atoms with Gasteiger partial charge in [0.2, 0.25) is 0 Å². The Hall–Kier alpha value is -3.49. The number of amides is 2. The molecule has 1 aromatic carbocycles. The van der Waals surface area contributed by atoms with Gasteiger partial charge in [0.05, 0.1) is 25.0 Å². The fourth-order valence-electron chi connectivity index (χ4n) is 2.80. The van der Waals surface area contributed by atoms with Crippen LogP contribution in [0.3, 0.4) is 0 Å². The predicted molar refractivity (Wildman–Crippen MR) is 94.4 cm³/mol. The Labute approximate surface area is 154 Å². The molecule has 3 heterocycles. The summed E-state index contributed by atoms with van der Waals surface area (Å²) >= 11 is 0. The summed E-state index contributed by atoms with van der Waals surface area (Å²) in [5.74, 6) is 0.292. The number of hydrogen-bond acceptors (Lipinski definition) is 5. The Morgan fingerprint density at radius 1 is 1.22 bits per heavy atom. The van der Waals surface area contributed by atoms with E-state index < -0.39 is 0 Å². The van der Waals surface area contributed by atoms with Gasteiger partial charge in [-0.25, -0.2) is 13.9 Å². The molecular weight excluding hydrogens is 351 g/mol. The first kappa shape index (κ1) is 17.0. The van der Waals surface area contributed by atoms with Crippen LogP contribution in [0.5, 0.6) is 5.75 Å². The predicted octanol–water partition coefficient (Wildman–Crippen LogP) is 2.44. The first-order valence-electron chi connectivity index (χ1n) is 8.44. The number of ether oxygens (including phenoxy) is 1. The maximum atomic E-state index is 13.0. The third-order valence-corrected chi connectivity index (χ3v) is 4.23. The molecule has 1 aliphatic heterocycles. The zero-order valence-electron chi connectivity index (χ0n) is 14.4. The molecule has 1 N–H and O–H groups in total. The first-order valence-corrected chi connectivity index (χ1v) is 8.44. The van der Waals surface area contributed by atoms with E-state index in [9.17, 15) is 9.18 Å². The van der Waals surface area contributed by atoms with Gasteiger partial charge in [-0.2, -0.15) is 0 Å². The first-order chi connectivity index (χ1) is 13.2. The van der Waals surface area contributed by atoms with E-state index in [1.54, 1.807) is 28.0 Å². The number of halogens is 1. The van der Waals surface area contributed by atoms with Gasteiger partial charge in [-0.05, 0) is 36.4 Å². The fraction of sp³-hybridized carbons (Fsp3) is 0.222. The Kier molecular flexibility index (Phi) is 4.65. The lowest BCUT2D eigenvalue weighted by Crippen LogP contribution is -2.41. The molecular formula is C18H17FN6O2. The van der Waals surface area contributed by atoms with Gasteiger partial charge in [0.15, 0.2) is 0 Å². The van der Waals surface area contributed by atoms with Crippen LogP contribution in [0.15, 0.2) is 48.8 Å². The second kappa shape index (κ2) is 7.40. The number of fused-ring (bicyclic) bond motifs is 1. The minimum absolute atomic E-state index is 0.244.